The van der Waals surface area contributed by atoms with Crippen molar-refractivity contribution in [2.24, 2.45) is 11.3 Å². The van der Waals surface area contributed by atoms with Crippen molar-refractivity contribution in [1.82, 2.24) is 5.32 Å². The molecule has 3 rings (SSSR count). The van der Waals surface area contributed by atoms with Gasteiger partial charge in [0.15, 0.2) is 0 Å². The van der Waals surface area contributed by atoms with Gasteiger partial charge in [0.1, 0.15) is 0 Å². The van der Waals surface area contributed by atoms with Gasteiger partial charge in [-0.1, -0.05) is 37.6 Å². The molecule has 1 aliphatic carbocycles. The molecule has 1 saturated heterocycles. The molecule has 0 radical (unpaired) electrons. The molecule has 1 aliphatic heterocycles. The standard InChI is InChI=1S/C14H18ClN.ClH/c1-9-6-11-10(4-3-5-13(11)15)12-7-16-8-14(9,12)2;/h3-5,9,12,16H,6-8H2,1-2H3;1H. The Balaban J connectivity index is 0.00000108. The van der Waals surface area contributed by atoms with E-state index in [9.17, 15) is 0 Å². The lowest BCUT2D eigenvalue weighted by atomic mass is 9.61. The molecule has 2 aliphatic rings. The maximum atomic E-state index is 6.32. The van der Waals surface area contributed by atoms with Crippen LogP contribution in [0.25, 0.3) is 0 Å². The summed E-state index contributed by atoms with van der Waals surface area (Å²) in [6.45, 7) is 7.04. The van der Waals surface area contributed by atoms with Gasteiger partial charge in [0.05, 0.1) is 0 Å². The van der Waals surface area contributed by atoms with Gasteiger partial charge in [-0.3, -0.25) is 0 Å². The van der Waals surface area contributed by atoms with E-state index in [1.807, 2.05) is 6.07 Å². The van der Waals surface area contributed by atoms with Crippen LogP contribution < -0.4 is 5.32 Å². The quantitative estimate of drug-likeness (QED) is 0.760. The Bertz CT molecular complexity index is 432. The van der Waals surface area contributed by atoms with Crippen molar-refractivity contribution in [3.05, 3.63) is 34.3 Å². The molecule has 1 N–H and O–H groups in total. The van der Waals surface area contributed by atoms with Crippen LogP contribution in [0.15, 0.2) is 18.2 Å². The predicted molar refractivity (Wildman–Crippen MR) is 75.3 cm³/mol. The maximum Gasteiger partial charge on any atom is 0.0440 e. The normalized spacial score (nSPS) is 34.8. The van der Waals surface area contributed by atoms with Gasteiger partial charge in [-0.25, -0.2) is 0 Å². The van der Waals surface area contributed by atoms with Crippen molar-refractivity contribution in [3.63, 3.8) is 0 Å². The SMILES string of the molecule is CC1Cc2c(Cl)cccc2C2CNCC12C.Cl. The molecule has 17 heavy (non-hydrogen) atoms. The van der Waals surface area contributed by atoms with Gasteiger partial charge in [0.2, 0.25) is 0 Å². The van der Waals surface area contributed by atoms with E-state index < -0.39 is 0 Å². The second-order valence-corrected chi connectivity index (χ2v) is 6.01. The summed E-state index contributed by atoms with van der Waals surface area (Å²) in [6.07, 6.45) is 1.13. The second-order valence-electron chi connectivity index (χ2n) is 5.60. The smallest absolute Gasteiger partial charge is 0.0440 e. The molecule has 1 heterocycles. The summed E-state index contributed by atoms with van der Waals surface area (Å²) in [5, 5.41) is 4.51. The third kappa shape index (κ3) is 1.80. The van der Waals surface area contributed by atoms with E-state index in [1.165, 1.54) is 11.1 Å². The van der Waals surface area contributed by atoms with Gasteiger partial charge >= 0.3 is 0 Å². The Kier molecular flexibility index (Phi) is 3.46. The van der Waals surface area contributed by atoms with E-state index in [-0.39, 0.29) is 12.4 Å². The highest BCUT2D eigenvalue weighted by molar-refractivity contribution is 6.31. The molecule has 0 bridgehead atoms. The molecular formula is C14H19Cl2N. The van der Waals surface area contributed by atoms with Gasteiger partial charge in [0.25, 0.3) is 0 Å². The lowest BCUT2D eigenvalue weighted by molar-refractivity contribution is 0.184. The largest absolute Gasteiger partial charge is 0.316 e. The van der Waals surface area contributed by atoms with Gasteiger partial charge in [0, 0.05) is 24.0 Å². The topological polar surface area (TPSA) is 12.0 Å². The predicted octanol–water partition coefficient (Wildman–Crippen LogP) is 3.65. The van der Waals surface area contributed by atoms with Crippen molar-refractivity contribution in [2.45, 2.75) is 26.2 Å². The zero-order valence-electron chi connectivity index (χ0n) is 10.3. The molecule has 1 aromatic rings. The fraction of sp³-hybridized carbons (Fsp3) is 0.571. The first-order chi connectivity index (χ1) is 7.63. The molecule has 3 unspecified atom stereocenters. The summed E-state index contributed by atoms with van der Waals surface area (Å²) in [4.78, 5) is 0. The average Bonchev–Trinajstić information content (AvgIpc) is 2.64. The van der Waals surface area contributed by atoms with E-state index in [0.717, 1.165) is 24.5 Å². The summed E-state index contributed by atoms with van der Waals surface area (Å²) in [6, 6.07) is 6.39. The number of fused-ring (bicyclic) bond motifs is 3. The summed E-state index contributed by atoms with van der Waals surface area (Å²) < 4.78 is 0. The van der Waals surface area contributed by atoms with Crippen LogP contribution in [0.2, 0.25) is 5.02 Å². The summed E-state index contributed by atoms with van der Waals surface area (Å²) in [5.41, 5.74) is 3.29. The van der Waals surface area contributed by atoms with E-state index in [4.69, 9.17) is 11.6 Å². The van der Waals surface area contributed by atoms with E-state index >= 15 is 0 Å². The third-order valence-electron chi connectivity index (χ3n) is 4.82. The van der Waals surface area contributed by atoms with Crippen LogP contribution in [-0.4, -0.2) is 13.1 Å². The van der Waals surface area contributed by atoms with Crippen molar-refractivity contribution in [3.8, 4) is 0 Å². The van der Waals surface area contributed by atoms with Gasteiger partial charge in [-0.15, -0.1) is 12.4 Å². The fourth-order valence-corrected chi connectivity index (χ4v) is 3.74. The third-order valence-corrected chi connectivity index (χ3v) is 5.17. The molecule has 3 heteroatoms. The molecule has 0 saturated carbocycles. The van der Waals surface area contributed by atoms with Crippen LogP contribution in [0.4, 0.5) is 0 Å². The highest BCUT2D eigenvalue weighted by Gasteiger charge is 2.47. The van der Waals surface area contributed by atoms with E-state index in [1.54, 1.807) is 0 Å². The van der Waals surface area contributed by atoms with Crippen molar-refractivity contribution in [2.75, 3.05) is 13.1 Å². The van der Waals surface area contributed by atoms with Crippen LogP contribution in [0, 0.1) is 11.3 Å². The Hall–Kier alpha value is -0.240. The van der Waals surface area contributed by atoms with Crippen LogP contribution in [0.3, 0.4) is 0 Å². The highest BCUT2D eigenvalue weighted by atomic mass is 35.5. The summed E-state index contributed by atoms with van der Waals surface area (Å²) in [7, 11) is 0. The molecule has 0 amide bonds. The molecular weight excluding hydrogens is 253 g/mol. The zero-order chi connectivity index (χ0) is 11.3. The van der Waals surface area contributed by atoms with Crippen LogP contribution in [-0.2, 0) is 6.42 Å². The van der Waals surface area contributed by atoms with Crippen molar-refractivity contribution < 1.29 is 0 Å². The lowest BCUT2D eigenvalue weighted by Crippen LogP contribution is -2.37. The molecule has 1 nitrogen and oxygen atoms in total. The Morgan fingerprint density at radius 1 is 1.41 bits per heavy atom. The fourth-order valence-electron chi connectivity index (χ4n) is 3.48. The van der Waals surface area contributed by atoms with Crippen LogP contribution in [0.1, 0.15) is 30.9 Å². The monoisotopic (exact) mass is 271 g/mol. The Labute approximate surface area is 114 Å². The van der Waals surface area contributed by atoms with E-state index in [2.05, 4.69) is 31.3 Å². The number of rotatable bonds is 0. The second kappa shape index (κ2) is 4.46. The lowest BCUT2D eigenvalue weighted by Gasteiger charge is -2.42. The first kappa shape index (κ1) is 13.2. The number of hydrogen-bond acceptors (Lipinski definition) is 1. The molecule has 0 aromatic heterocycles. The van der Waals surface area contributed by atoms with Crippen molar-refractivity contribution in [1.29, 1.82) is 0 Å². The molecule has 1 aromatic carbocycles. The average molecular weight is 272 g/mol. The van der Waals surface area contributed by atoms with Gasteiger partial charge in [-0.05, 0) is 34.9 Å². The van der Waals surface area contributed by atoms with Gasteiger partial charge in [-0.2, -0.15) is 0 Å². The molecule has 1 fully saturated rings. The zero-order valence-corrected chi connectivity index (χ0v) is 11.9. The number of hydrogen-bond donors (Lipinski definition) is 1. The van der Waals surface area contributed by atoms with Crippen LogP contribution in [0.5, 0.6) is 0 Å². The molecule has 0 spiro atoms. The number of nitrogens with one attached hydrogen (secondary N) is 1. The minimum absolute atomic E-state index is 0. The Morgan fingerprint density at radius 3 is 2.94 bits per heavy atom. The minimum Gasteiger partial charge on any atom is -0.316 e. The number of benzene rings is 1. The first-order valence-electron chi connectivity index (χ1n) is 6.11. The molecule has 3 atom stereocenters. The highest BCUT2D eigenvalue weighted by Crippen LogP contribution is 2.51. The summed E-state index contributed by atoms with van der Waals surface area (Å²) in [5.74, 6) is 1.35. The van der Waals surface area contributed by atoms with E-state index in [0.29, 0.717) is 17.3 Å². The maximum absolute atomic E-state index is 6.32. The number of halogens is 2. The Morgan fingerprint density at radius 2 is 2.18 bits per heavy atom. The van der Waals surface area contributed by atoms with Crippen LogP contribution >= 0.6 is 24.0 Å². The van der Waals surface area contributed by atoms with Crippen molar-refractivity contribution >= 4 is 24.0 Å². The van der Waals surface area contributed by atoms with Gasteiger partial charge < -0.3 is 5.32 Å². The first-order valence-corrected chi connectivity index (χ1v) is 6.49. The molecule has 94 valence electrons. The summed E-state index contributed by atoms with van der Waals surface area (Å²) >= 11 is 6.32. The minimum atomic E-state index is 0.